The molecule has 0 atom stereocenters. The van der Waals surface area contributed by atoms with Crippen molar-refractivity contribution in [3.63, 3.8) is 0 Å². The van der Waals surface area contributed by atoms with Gasteiger partial charge in [0.05, 0.1) is 12.2 Å². The minimum atomic E-state index is -0.158. The lowest BCUT2D eigenvalue weighted by Gasteiger charge is -2.30. The van der Waals surface area contributed by atoms with E-state index in [0.717, 1.165) is 41.5 Å². The standard InChI is InChI=1S/C18H23BrO2/c1-12(2)11-18(6-3-4-7-18)17(20)15-10-14(19)9-13-5-8-21-16(13)15/h9-10,12H,3-8,11H2,1-2H3. The van der Waals surface area contributed by atoms with Crippen LogP contribution >= 0.6 is 15.9 Å². The van der Waals surface area contributed by atoms with Crippen molar-refractivity contribution in [2.45, 2.75) is 52.4 Å². The van der Waals surface area contributed by atoms with Gasteiger partial charge in [-0.1, -0.05) is 42.6 Å². The fourth-order valence-electron chi connectivity index (χ4n) is 4.08. The predicted molar refractivity (Wildman–Crippen MR) is 88.0 cm³/mol. The smallest absolute Gasteiger partial charge is 0.172 e. The third-order valence-corrected chi connectivity index (χ3v) is 5.29. The first-order valence-electron chi connectivity index (χ1n) is 8.02. The molecule has 0 saturated heterocycles. The number of ketones is 1. The molecule has 0 N–H and O–H groups in total. The first-order valence-corrected chi connectivity index (χ1v) is 8.81. The van der Waals surface area contributed by atoms with E-state index in [1.54, 1.807) is 0 Å². The molecule has 2 nitrogen and oxygen atoms in total. The summed E-state index contributed by atoms with van der Waals surface area (Å²) in [6.45, 7) is 5.13. The summed E-state index contributed by atoms with van der Waals surface area (Å²) in [5.74, 6) is 1.71. The zero-order valence-corrected chi connectivity index (χ0v) is 14.5. The van der Waals surface area contributed by atoms with Gasteiger partial charge in [0.25, 0.3) is 0 Å². The van der Waals surface area contributed by atoms with Crippen LogP contribution in [0, 0.1) is 11.3 Å². The number of fused-ring (bicyclic) bond motifs is 1. The molecule has 21 heavy (non-hydrogen) atoms. The molecule has 1 aliphatic carbocycles. The number of rotatable bonds is 4. The maximum absolute atomic E-state index is 13.3. The van der Waals surface area contributed by atoms with Crippen molar-refractivity contribution in [2.75, 3.05) is 6.61 Å². The van der Waals surface area contributed by atoms with Crippen LogP contribution in [0.3, 0.4) is 0 Å². The van der Waals surface area contributed by atoms with Gasteiger partial charge in [-0.3, -0.25) is 4.79 Å². The van der Waals surface area contributed by atoms with Crippen molar-refractivity contribution in [1.82, 2.24) is 0 Å². The van der Waals surface area contributed by atoms with Crippen LogP contribution in [0.15, 0.2) is 16.6 Å². The second-order valence-electron chi connectivity index (χ2n) is 6.95. The van der Waals surface area contributed by atoms with Crippen LogP contribution < -0.4 is 4.74 Å². The molecule has 1 saturated carbocycles. The molecule has 3 heteroatoms. The SMILES string of the molecule is CC(C)CC1(C(=O)c2cc(Br)cc3c2OCC3)CCCC1. The molecular formula is C18H23BrO2. The van der Waals surface area contributed by atoms with E-state index in [1.165, 1.54) is 18.4 Å². The molecule has 3 rings (SSSR count). The number of hydrogen-bond donors (Lipinski definition) is 0. The van der Waals surface area contributed by atoms with E-state index in [0.29, 0.717) is 18.3 Å². The molecule has 1 fully saturated rings. The lowest BCUT2D eigenvalue weighted by Crippen LogP contribution is -2.30. The largest absolute Gasteiger partial charge is 0.492 e. The molecule has 0 unspecified atom stereocenters. The summed E-state index contributed by atoms with van der Waals surface area (Å²) in [5, 5.41) is 0. The van der Waals surface area contributed by atoms with Crippen LogP contribution in [-0.4, -0.2) is 12.4 Å². The Kier molecular flexibility index (Phi) is 4.13. The van der Waals surface area contributed by atoms with E-state index < -0.39 is 0 Å². The maximum atomic E-state index is 13.3. The van der Waals surface area contributed by atoms with Gasteiger partial charge >= 0.3 is 0 Å². The molecule has 114 valence electrons. The number of Topliss-reactive ketones (excluding diaryl/α,β-unsaturated/α-hetero) is 1. The number of carbonyl (C=O) groups is 1. The summed E-state index contributed by atoms with van der Waals surface area (Å²) in [6.07, 6.45) is 6.32. The molecular weight excluding hydrogens is 328 g/mol. The summed E-state index contributed by atoms with van der Waals surface area (Å²) in [6, 6.07) is 4.05. The minimum Gasteiger partial charge on any atom is -0.492 e. The monoisotopic (exact) mass is 350 g/mol. The Morgan fingerprint density at radius 3 is 2.71 bits per heavy atom. The highest BCUT2D eigenvalue weighted by molar-refractivity contribution is 9.10. The van der Waals surface area contributed by atoms with Gasteiger partial charge in [0.15, 0.2) is 5.78 Å². The molecule has 1 heterocycles. The molecule has 0 bridgehead atoms. The average molecular weight is 351 g/mol. The second-order valence-corrected chi connectivity index (χ2v) is 7.87. The van der Waals surface area contributed by atoms with Gasteiger partial charge in [-0.25, -0.2) is 0 Å². The van der Waals surface area contributed by atoms with Gasteiger partial charge in [-0.2, -0.15) is 0 Å². The van der Waals surface area contributed by atoms with Gasteiger partial charge < -0.3 is 4.74 Å². The molecule has 0 radical (unpaired) electrons. The topological polar surface area (TPSA) is 26.3 Å². The number of benzene rings is 1. The fourth-order valence-corrected chi connectivity index (χ4v) is 4.59. The zero-order chi connectivity index (χ0) is 15.0. The normalized spacial score (nSPS) is 19.6. The molecule has 1 aromatic carbocycles. The zero-order valence-electron chi connectivity index (χ0n) is 12.9. The molecule has 1 aromatic rings. The molecule has 1 aliphatic heterocycles. The van der Waals surface area contributed by atoms with Crippen molar-refractivity contribution in [2.24, 2.45) is 11.3 Å². The molecule has 2 aliphatic rings. The molecule has 0 aromatic heterocycles. The van der Waals surface area contributed by atoms with Crippen LogP contribution in [0.5, 0.6) is 5.75 Å². The highest BCUT2D eigenvalue weighted by Gasteiger charge is 2.43. The van der Waals surface area contributed by atoms with E-state index in [9.17, 15) is 4.79 Å². The van der Waals surface area contributed by atoms with Crippen LogP contribution in [0.2, 0.25) is 0 Å². The first-order chi connectivity index (χ1) is 10.0. The first kappa shape index (κ1) is 15.1. The Balaban J connectivity index is 2.01. The van der Waals surface area contributed by atoms with E-state index >= 15 is 0 Å². The van der Waals surface area contributed by atoms with E-state index in [1.807, 2.05) is 6.07 Å². The highest BCUT2D eigenvalue weighted by Crippen LogP contribution is 2.48. The summed E-state index contributed by atoms with van der Waals surface area (Å²) in [7, 11) is 0. The number of carbonyl (C=O) groups excluding carboxylic acids is 1. The van der Waals surface area contributed by atoms with E-state index in [4.69, 9.17) is 4.74 Å². The Hall–Kier alpha value is -0.830. The number of halogens is 1. The van der Waals surface area contributed by atoms with E-state index in [2.05, 4.69) is 35.8 Å². The van der Waals surface area contributed by atoms with Gasteiger partial charge in [-0.05, 0) is 42.9 Å². The second kappa shape index (κ2) is 5.75. The van der Waals surface area contributed by atoms with Crippen LogP contribution in [0.4, 0.5) is 0 Å². The minimum absolute atomic E-state index is 0.158. The third-order valence-electron chi connectivity index (χ3n) is 4.83. The van der Waals surface area contributed by atoms with Gasteiger partial charge in [-0.15, -0.1) is 0 Å². The maximum Gasteiger partial charge on any atom is 0.172 e. The van der Waals surface area contributed by atoms with Crippen LogP contribution in [0.1, 0.15) is 61.9 Å². The van der Waals surface area contributed by atoms with Crippen molar-refractivity contribution in [1.29, 1.82) is 0 Å². The van der Waals surface area contributed by atoms with Crippen molar-refractivity contribution in [3.05, 3.63) is 27.7 Å². The molecule has 0 amide bonds. The summed E-state index contributed by atoms with van der Waals surface area (Å²) >= 11 is 3.55. The van der Waals surface area contributed by atoms with Gasteiger partial charge in [0.1, 0.15) is 5.75 Å². The Bertz CT molecular complexity index is 557. The molecule has 0 spiro atoms. The number of hydrogen-bond acceptors (Lipinski definition) is 2. The van der Waals surface area contributed by atoms with Gasteiger partial charge in [0.2, 0.25) is 0 Å². The lowest BCUT2D eigenvalue weighted by molar-refractivity contribution is 0.0756. The number of ether oxygens (including phenoxy) is 1. The average Bonchev–Trinajstić information content (AvgIpc) is 3.05. The quantitative estimate of drug-likeness (QED) is 0.699. The lowest BCUT2D eigenvalue weighted by atomic mass is 9.73. The van der Waals surface area contributed by atoms with E-state index in [-0.39, 0.29) is 5.41 Å². The summed E-state index contributed by atoms with van der Waals surface area (Å²) in [4.78, 5) is 13.3. The summed E-state index contributed by atoms with van der Waals surface area (Å²) in [5.41, 5.74) is 1.82. The van der Waals surface area contributed by atoms with Crippen molar-refractivity contribution < 1.29 is 9.53 Å². The highest BCUT2D eigenvalue weighted by atomic mass is 79.9. The predicted octanol–water partition coefficient (Wildman–Crippen LogP) is 5.17. The van der Waals surface area contributed by atoms with Crippen LogP contribution in [0.25, 0.3) is 0 Å². The Labute approximate surface area is 135 Å². The Morgan fingerprint density at radius 1 is 1.33 bits per heavy atom. The summed E-state index contributed by atoms with van der Waals surface area (Å²) < 4.78 is 6.77. The van der Waals surface area contributed by atoms with Crippen LogP contribution in [-0.2, 0) is 6.42 Å². The van der Waals surface area contributed by atoms with Crippen molar-refractivity contribution in [3.8, 4) is 5.75 Å². The van der Waals surface area contributed by atoms with Crippen molar-refractivity contribution >= 4 is 21.7 Å². The Morgan fingerprint density at radius 2 is 2.05 bits per heavy atom. The van der Waals surface area contributed by atoms with Gasteiger partial charge in [0, 0.05) is 16.3 Å². The fraction of sp³-hybridized carbons (Fsp3) is 0.611. The third kappa shape index (κ3) is 2.77.